The summed E-state index contributed by atoms with van der Waals surface area (Å²) in [5, 5.41) is 0. The Morgan fingerprint density at radius 2 is 1.86 bits per heavy atom. The Morgan fingerprint density at radius 3 is 2.55 bits per heavy atom. The van der Waals surface area contributed by atoms with Crippen molar-refractivity contribution in [1.29, 1.82) is 0 Å². The first kappa shape index (κ1) is 21.8. The lowest BCUT2D eigenvalue weighted by Crippen LogP contribution is -2.55. The molecule has 0 aromatic rings. The molecule has 0 aliphatic heterocycles. The van der Waals surface area contributed by atoms with Gasteiger partial charge in [0.15, 0.2) is 0 Å². The van der Waals surface area contributed by atoms with E-state index < -0.39 is 0 Å². The molecule has 4 saturated carbocycles. The summed E-state index contributed by atoms with van der Waals surface area (Å²) >= 11 is 3.70. The van der Waals surface area contributed by atoms with Crippen molar-refractivity contribution >= 4 is 27.7 Å². The fourth-order valence-electron chi connectivity index (χ4n) is 8.71. The molecule has 0 amide bonds. The lowest BCUT2D eigenvalue weighted by atomic mass is 9.44. The Kier molecular flexibility index (Phi) is 5.99. The monoisotopic (exact) mass is 466 g/mol. The predicted octanol–water partition coefficient (Wildman–Crippen LogP) is 6.18. The van der Waals surface area contributed by atoms with Crippen molar-refractivity contribution in [2.24, 2.45) is 46.3 Å². The van der Waals surface area contributed by atoms with Gasteiger partial charge in [-0.25, -0.2) is 0 Å². The van der Waals surface area contributed by atoms with E-state index in [4.69, 9.17) is 4.74 Å². The Balaban J connectivity index is 1.59. The van der Waals surface area contributed by atoms with E-state index in [1.54, 1.807) is 7.11 Å². The molecule has 4 heteroatoms. The van der Waals surface area contributed by atoms with Gasteiger partial charge in [0.2, 0.25) is 0 Å². The van der Waals surface area contributed by atoms with Crippen LogP contribution in [0.5, 0.6) is 0 Å². The van der Waals surface area contributed by atoms with Crippen LogP contribution in [-0.4, -0.2) is 23.7 Å². The largest absolute Gasteiger partial charge is 0.469 e. The van der Waals surface area contributed by atoms with Crippen molar-refractivity contribution in [2.45, 2.75) is 89.8 Å². The van der Waals surface area contributed by atoms with Crippen LogP contribution in [0.1, 0.15) is 85.0 Å². The molecule has 0 bridgehead atoms. The molecule has 0 unspecified atom stereocenters. The van der Waals surface area contributed by atoms with Crippen LogP contribution < -0.4 is 0 Å². The van der Waals surface area contributed by atoms with Gasteiger partial charge in [-0.05, 0) is 91.8 Å². The summed E-state index contributed by atoms with van der Waals surface area (Å²) in [6.45, 7) is 7.19. The van der Waals surface area contributed by atoms with Gasteiger partial charge in [-0.2, -0.15) is 0 Å². The zero-order valence-corrected chi connectivity index (χ0v) is 20.3. The molecule has 9 atom stereocenters. The zero-order chi connectivity index (χ0) is 21.0. The van der Waals surface area contributed by atoms with Gasteiger partial charge >= 0.3 is 5.97 Å². The SMILES string of the molecule is CCC[C@@H](C(=O)OC)[C@H]1CC[C@H]2[C@@H]3CC[C@H]4CC(=O)[C@H](Br)C[C@]4(C)[C@H]3CC[C@]12C. The maximum absolute atomic E-state index is 12.6. The first-order valence-electron chi connectivity index (χ1n) is 12.0. The van der Waals surface area contributed by atoms with Gasteiger partial charge in [0.05, 0.1) is 17.9 Å². The minimum Gasteiger partial charge on any atom is -0.469 e. The van der Waals surface area contributed by atoms with E-state index in [1.807, 2.05) is 0 Å². The molecular weight excluding hydrogens is 428 g/mol. The molecule has 0 aromatic heterocycles. The molecule has 3 nitrogen and oxygen atoms in total. The normalized spacial score (nSPS) is 47.7. The summed E-state index contributed by atoms with van der Waals surface area (Å²) in [6, 6.07) is 0. The van der Waals surface area contributed by atoms with Crippen LogP contribution in [0.4, 0.5) is 0 Å². The highest BCUT2D eigenvalue weighted by Crippen LogP contribution is 2.68. The molecule has 0 saturated heterocycles. The molecule has 0 spiro atoms. The minimum atomic E-state index is 0.0180. The first-order chi connectivity index (χ1) is 13.8. The molecule has 4 aliphatic carbocycles. The van der Waals surface area contributed by atoms with E-state index in [0.29, 0.717) is 23.0 Å². The van der Waals surface area contributed by atoms with Crippen molar-refractivity contribution in [1.82, 2.24) is 0 Å². The number of halogens is 1. The molecular formula is C25H39BrO3. The summed E-state index contributed by atoms with van der Waals surface area (Å²) in [6.07, 6.45) is 11.3. The number of Topliss-reactive ketones (excluding diaryl/α,β-unsaturated/α-hetero) is 1. The molecule has 0 N–H and O–H groups in total. The highest BCUT2D eigenvalue weighted by Gasteiger charge is 2.62. The second kappa shape index (κ2) is 7.95. The Labute approximate surface area is 185 Å². The topological polar surface area (TPSA) is 43.4 Å². The van der Waals surface area contributed by atoms with Crippen LogP contribution in [0.2, 0.25) is 0 Å². The van der Waals surface area contributed by atoms with Crippen molar-refractivity contribution in [2.75, 3.05) is 7.11 Å². The Morgan fingerprint density at radius 1 is 1.14 bits per heavy atom. The number of alkyl halides is 1. The Bertz CT molecular complexity index is 662. The quantitative estimate of drug-likeness (QED) is 0.367. The average Bonchev–Trinajstić information content (AvgIpc) is 3.04. The van der Waals surface area contributed by atoms with Gasteiger partial charge in [-0.1, -0.05) is 43.1 Å². The van der Waals surface area contributed by atoms with E-state index in [-0.39, 0.29) is 22.1 Å². The smallest absolute Gasteiger partial charge is 0.308 e. The maximum Gasteiger partial charge on any atom is 0.308 e. The number of methoxy groups -OCH3 is 1. The van der Waals surface area contributed by atoms with E-state index in [1.165, 1.54) is 38.5 Å². The fraction of sp³-hybridized carbons (Fsp3) is 0.920. The maximum atomic E-state index is 12.6. The average molecular weight is 467 g/mol. The van der Waals surface area contributed by atoms with Crippen LogP contribution in [-0.2, 0) is 14.3 Å². The summed E-state index contributed by atoms with van der Waals surface area (Å²) in [5.74, 6) is 3.82. The summed E-state index contributed by atoms with van der Waals surface area (Å²) in [5.41, 5.74) is 0.576. The van der Waals surface area contributed by atoms with Crippen LogP contribution >= 0.6 is 15.9 Å². The fourth-order valence-corrected chi connectivity index (χ4v) is 9.59. The van der Waals surface area contributed by atoms with Gasteiger partial charge in [-0.3, -0.25) is 9.59 Å². The number of esters is 1. The Hall–Kier alpha value is -0.380. The molecule has 0 aromatic carbocycles. The third kappa shape index (κ3) is 3.34. The van der Waals surface area contributed by atoms with Crippen molar-refractivity contribution < 1.29 is 14.3 Å². The van der Waals surface area contributed by atoms with Crippen LogP contribution in [0.3, 0.4) is 0 Å². The van der Waals surface area contributed by atoms with Crippen LogP contribution in [0.25, 0.3) is 0 Å². The van der Waals surface area contributed by atoms with E-state index >= 15 is 0 Å². The third-order valence-corrected chi connectivity index (χ3v) is 11.0. The summed E-state index contributed by atoms with van der Waals surface area (Å²) in [7, 11) is 1.56. The molecule has 4 aliphatic rings. The number of ether oxygens (including phenoxy) is 1. The molecule has 4 rings (SSSR count). The first-order valence-corrected chi connectivity index (χ1v) is 12.9. The van der Waals surface area contributed by atoms with Crippen molar-refractivity contribution in [3.05, 3.63) is 0 Å². The van der Waals surface area contributed by atoms with E-state index in [0.717, 1.165) is 43.4 Å². The van der Waals surface area contributed by atoms with Crippen molar-refractivity contribution in [3.8, 4) is 0 Å². The second-order valence-corrected chi connectivity index (χ2v) is 12.3. The van der Waals surface area contributed by atoms with Crippen LogP contribution in [0, 0.1) is 46.3 Å². The number of fused-ring (bicyclic) bond motifs is 5. The predicted molar refractivity (Wildman–Crippen MR) is 119 cm³/mol. The minimum absolute atomic E-state index is 0.0180. The van der Waals surface area contributed by atoms with Crippen LogP contribution in [0.15, 0.2) is 0 Å². The zero-order valence-electron chi connectivity index (χ0n) is 18.7. The highest BCUT2D eigenvalue weighted by molar-refractivity contribution is 9.10. The standard InChI is InChI=1S/C25H39BrO3/c1-5-6-17(23(28)29-4)19-10-9-18-16-8-7-15-13-22(27)21(26)14-25(15,3)20(16)11-12-24(18,19)2/h15-21H,5-14H2,1-4H3/t15-,16-,17+,18-,19+,20-,21+,24-,25-/m0/s1. The van der Waals surface area contributed by atoms with Gasteiger partial charge < -0.3 is 4.74 Å². The number of hydrogen-bond acceptors (Lipinski definition) is 3. The van der Waals surface area contributed by atoms with Crippen molar-refractivity contribution in [3.63, 3.8) is 0 Å². The molecule has 0 radical (unpaired) electrons. The van der Waals surface area contributed by atoms with Gasteiger partial charge in [0.1, 0.15) is 5.78 Å². The summed E-state index contributed by atoms with van der Waals surface area (Å²) in [4.78, 5) is 25.1. The molecule has 29 heavy (non-hydrogen) atoms. The number of ketones is 1. The third-order valence-electron chi connectivity index (χ3n) is 10.1. The lowest BCUT2D eigenvalue weighted by Gasteiger charge is -2.61. The number of carbonyl (C=O) groups excluding carboxylic acids is 2. The highest BCUT2D eigenvalue weighted by atomic mass is 79.9. The number of rotatable bonds is 4. The summed E-state index contributed by atoms with van der Waals surface area (Å²) < 4.78 is 5.24. The van der Waals surface area contributed by atoms with Gasteiger partial charge in [0, 0.05) is 6.42 Å². The van der Waals surface area contributed by atoms with E-state index in [2.05, 4.69) is 36.7 Å². The number of carbonyl (C=O) groups is 2. The number of hydrogen-bond donors (Lipinski definition) is 0. The molecule has 4 fully saturated rings. The van der Waals surface area contributed by atoms with Gasteiger partial charge in [-0.15, -0.1) is 0 Å². The van der Waals surface area contributed by atoms with Gasteiger partial charge in [0.25, 0.3) is 0 Å². The van der Waals surface area contributed by atoms with E-state index in [9.17, 15) is 9.59 Å². The molecule has 0 heterocycles. The molecule has 164 valence electrons. The second-order valence-electron chi connectivity index (χ2n) is 11.1. The lowest BCUT2D eigenvalue weighted by molar-refractivity contribution is -0.153.